The second-order valence-electron chi connectivity index (χ2n) is 12.0. The molecule has 6 rings (SSSR count). The number of aliphatic carboxylic acids is 1. The number of nitrogens with two attached hydrogens (primary N) is 2. The van der Waals surface area contributed by atoms with E-state index in [1.54, 1.807) is 32.4 Å². The maximum Gasteiger partial charge on any atom is 0.317 e. The van der Waals surface area contributed by atoms with Gasteiger partial charge < -0.3 is 65.1 Å². The maximum absolute atomic E-state index is 12.1. The molecule has 15 nitrogen and oxygen atoms in total. The number of aliphatic hydroxyl groups excluding tert-OH is 3. The lowest BCUT2D eigenvalue weighted by Crippen LogP contribution is -2.66. The standard InChI is InChI=1S/C31H38N2O13/c1-40-16-8-7-15-20-24(44-25(15)26(16)41-2)14-6-5-13(11-17(14)46-31(20)9-3-4-10-31)42-30-23(39)21(37)22(38)27(45-30)28(29(32)33)43-19(36)12-18(34)35/h5-8,11,20-24,27-30,37-39H,3-4,9-10,12,32-33H2,1-2H3,(H,34,35)/t20-,21-,22-,23+,24+,27-,28-,30-/m0/s1. The Morgan fingerprint density at radius 2 is 1.72 bits per heavy atom. The third kappa shape index (κ3) is 5.46. The van der Waals surface area contributed by atoms with Crippen molar-refractivity contribution in [3.05, 3.63) is 41.5 Å². The van der Waals surface area contributed by atoms with Crippen LogP contribution in [0.15, 0.2) is 30.3 Å². The molecule has 0 unspecified atom stereocenters. The van der Waals surface area contributed by atoms with E-state index in [9.17, 15) is 24.9 Å². The van der Waals surface area contributed by atoms with Crippen LogP contribution in [0.5, 0.6) is 28.7 Å². The second-order valence-corrected chi connectivity index (χ2v) is 12.0. The van der Waals surface area contributed by atoms with Gasteiger partial charge in [-0.15, -0.1) is 0 Å². The summed E-state index contributed by atoms with van der Waals surface area (Å²) in [7, 11) is 3.13. The lowest BCUT2D eigenvalue weighted by atomic mass is 9.74. The van der Waals surface area contributed by atoms with Crippen LogP contribution in [-0.2, 0) is 19.1 Å². The Balaban J connectivity index is 1.28. The topological polar surface area (TPSA) is 232 Å². The lowest BCUT2D eigenvalue weighted by molar-refractivity contribution is -0.291. The Morgan fingerprint density at radius 3 is 2.37 bits per heavy atom. The van der Waals surface area contributed by atoms with Gasteiger partial charge in [-0.3, -0.25) is 9.59 Å². The normalized spacial score (nSPS) is 29.5. The highest BCUT2D eigenvalue weighted by Gasteiger charge is 2.57. The van der Waals surface area contributed by atoms with Gasteiger partial charge in [-0.25, -0.2) is 0 Å². The first-order chi connectivity index (χ1) is 22.0. The van der Waals surface area contributed by atoms with Crippen LogP contribution < -0.4 is 35.2 Å². The van der Waals surface area contributed by atoms with Crippen LogP contribution in [0.4, 0.5) is 0 Å². The Hall–Kier alpha value is -3.86. The summed E-state index contributed by atoms with van der Waals surface area (Å²) in [6.07, 6.45) is -9.40. The van der Waals surface area contributed by atoms with Crippen molar-refractivity contribution >= 4 is 11.9 Å². The number of esters is 1. The van der Waals surface area contributed by atoms with E-state index in [-0.39, 0.29) is 11.7 Å². The number of ether oxygens (including phenoxy) is 7. The van der Waals surface area contributed by atoms with Gasteiger partial charge in [-0.2, -0.15) is 0 Å². The fraction of sp³-hybridized carbons (Fsp3) is 0.548. The van der Waals surface area contributed by atoms with Gasteiger partial charge in [0.25, 0.3) is 0 Å². The van der Waals surface area contributed by atoms with Crippen LogP contribution in [0.2, 0.25) is 0 Å². The quantitative estimate of drug-likeness (QED) is 0.123. The summed E-state index contributed by atoms with van der Waals surface area (Å²) in [4.78, 5) is 23.0. The van der Waals surface area contributed by atoms with Crippen molar-refractivity contribution in [1.82, 2.24) is 0 Å². The van der Waals surface area contributed by atoms with Crippen LogP contribution in [0.1, 0.15) is 55.3 Å². The minimum atomic E-state index is -1.82. The number of rotatable bonds is 9. The minimum Gasteiger partial charge on any atom is -0.493 e. The zero-order valence-electron chi connectivity index (χ0n) is 25.2. The van der Waals surface area contributed by atoms with Crippen molar-refractivity contribution in [3.8, 4) is 28.7 Å². The van der Waals surface area contributed by atoms with Crippen LogP contribution >= 0.6 is 0 Å². The van der Waals surface area contributed by atoms with E-state index in [0.717, 1.165) is 36.8 Å². The van der Waals surface area contributed by atoms with Gasteiger partial charge in [0.15, 0.2) is 17.6 Å². The molecule has 15 heteroatoms. The number of benzene rings is 2. The number of fused-ring (bicyclic) bond motifs is 6. The van der Waals surface area contributed by atoms with Crippen LogP contribution in [0.3, 0.4) is 0 Å². The van der Waals surface area contributed by atoms with Gasteiger partial charge in [-0.05, 0) is 43.9 Å². The molecule has 46 heavy (non-hydrogen) atoms. The largest absolute Gasteiger partial charge is 0.493 e. The first kappa shape index (κ1) is 32.1. The molecule has 0 amide bonds. The van der Waals surface area contributed by atoms with Gasteiger partial charge in [-0.1, -0.05) is 6.07 Å². The molecule has 0 radical (unpaired) electrons. The molecular formula is C31H38N2O13. The first-order valence-corrected chi connectivity index (χ1v) is 15.0. The number of hydrogen-bond acceptors (Lipinski definition) is 14. The Labute approximate surface area is 263 Å². The summed E-state index contributed by atoms with van der Waals surface area (Å²) in [5.74, 6) is -0.384. The summed E-state index contributed by atoms with van der Waals surface area (Å²) in [6, 6.07) is 8.89. The zero-order valence-corrected chi connectivity index (χ0v) is 25.2. The summed E-state index contributed by atoms with van der Waals surface area (Å²) < 4.78 is 41.3. The molecule has 250 valence electrons. The molecule has 1 spiro atoms. The van der Waals surface area contributed by atoms with E-state index in [1.807, 2.05) is 12.1 Å². The Kier molecular flexibility index (Phi) is 8.65. The molecule has 0 bridgehead atoms. The van der Waals surface area contributed by atoms with Crippen LogP contribution in [0.25, 0.3) is 0 Å². The van der Waals surface area contributed by atoms with Gasteiger partial charge in [0.1, 0.15) is 54.0 Å². The van der Waals surface area contributed by atoms with E-state index in [4.69, 9.17) is 49.7 Å². The summed E-state index contributed by atoms with van der Waals surface area (Å²) in [5, 5.41) is 40.9. The van der Waals surface area contributed by atoms with Crippen molar-refractivity contribution in [2.45, 2.75) is 92.7 Å². The number of aliphatic hydroxyl groups is 3. The zero-order chi connectivity index (χ0) is 32.9. The highest BCUT2D eigenvalue weighted by atomic mass is 16.7. The SMILES string of the molecule is COc1ccc2c(c1OC)O[C@@H]1c3ccc(O[C@H]4O[C@H]([C@H](OC(=O)CC(=O)O)C(N)N)[C@@H](O)[C@H](O)[C@H]4O)cc3OC3(CCCC3)[C@@H]21. The van der Waals surface area contributed by atoms with Crippen molar-refractivity contribution in [2.75, 3.05) is 14.2 Å². The maximum atomic E-state index is 12.1. The summed E-state index contributed by atoms with van der Waals surface area (Å²) in [5.41, 5.74) is 12.7. The van der Waals surface area contributed by atoms with E-state index < -0.39 is 73.0 Å². The number of carbonyl (C=O) groups is 2. The minimum absolute atomic E-state index is 0.105. The van der Waals surface area contributed by atoms with Gasteiger partial charge in [0.05, 0.1) is 26.3 Å². The molecule has 3 heterocycles. The highest BCUT2D eigenvalue weighted by molar-refractivity contribution is 5.90. The number of carbonyl (C=O) groups excluding carboxylic acids is 1. The fourth-order valence-corrected chi connectivity index (χ4v) is 7.08. The molecule has 0 aromatic heterocycles. The molecule has 2 fully saturated rings. The van der Waals surface area contributed by atoms with Crippen molar-refractivity contribution in [3.63, 3.8) is 0 Å². The average Bonchev–Trinajstić information content (AvgIpc) is 3.65. The van der Waals surface area contributed by atoms with Crippen molar-refractivity contribution in [1.29, 1.82) is 0 Å². The Bertz CT molecular complexity index is 1480. The highest BCUT2D eigenvalue weighted by Crippen LogP contribution is 2.64. The number of methoxy groups -OCH3 is 2. The number of hydrogen-bond donors (Lipinski definition) is 6. The number of carboxylic acids is 1. The summed E-state index contributed by atoms with van der Waals surface area (Å²) in [6.45, 7) is 0. The summed E-state index contributed by atoms with van der Waals surface area (Å²) >= 11 is 0. The first-order valence-electron chi connectivity index (χ1n) is 15.0. The van der Waals surface area contributed by atoms with Crippen molar-refractivity contribution < 1.29 is 63.2 Å². The van der Waals surface area contributed by atoms with E-state index in [0.29, 0.717) is 23.0 Å². The average molecular weight is 647 g/mol. The predicted molar refractivity (Wildman–Crippen MR) is 156 cm³/mol. The molecule has 1 aliphatic carbocycles. The molecule has 4 aliphatic rings. The third-order valence-electron chi connectivity index (χ3n) is 9.16. The molecular weight excluding hydrogens is 608 g/mol. The van der Waals surface area contributed by atoms with E-state index in [2.05, 4.69) is 0 Å². The van der Waals surface area contributed by atoms with Crippen LogP contribution in [-0.4, -0.2) is 95.2 Å². The van der Waals surface area contributed by atoms with E-state index >= 15 is 0 Å². The van der Waals surface area contributed by atoms with Gasteiger partial charge >= 0.3 is 11.9 Å². The van der Waals surface area contributed by atoms with Gasteiger partial charge in [0.2, 0.25) is 12.0 Å². The monoisotopic (exact) mass is 646 g/mol. The third-order valence-corrected chi connectivity index (χ3v) is 9.16. The molecule has 3 aliphatic heterocycles. The Morgan fingerprint density at radius 1 is 1.00 bits per heavy atom. The van der Waals surface area contributed by atoms with Crippen LogP contribution in [0, 0.1) is 0 Å². The van der Waals surface area contributed by atoms with E-state index in [1.165, 1.54) is 0 Å². The smallest absolute Gasteiger partial charge is 0.317 e. The molecule has 8 N–H and O–H groups in total. The van der Waals surface area contributed by atoms with Gasteiger partial charge in [0, 0.05) is 17.2 Å². The molecule has 2 aromatic carbocycles. The van der Waals surface area contributed by atoms with Crippen molar-refractivity contribution in [2.24, 2.45) is 11.5 Å². The molecule has 1 saturated carbocycles. The molecule has 2 aromatic rings. The fourth-order valence-electron chi connectivity index (χ4n) is 7.08. The molecule has 8 atom stereocenters. The number of carboxylic acid groups (broad SMARTS) is 1. The molecule has 1 saturated heterocycles. The predicted octanol–water partition coefficient (Wildman–Crippen LogP) is 0.443. The lowest BCUT2D eigenvalue weighted by Gasteiger charge is -2.44. The second kappa shape index (κ2) is 12.4.